The molecule has 1 unspecified atom stereocenters. The maximum atomic E-state index is 12.8. The number of nitrogens with zero attached hydrogens (tertiary/aromatic N) is 2. The second-order valence-corrected chi connectivity index (χ2v) is 9.90. The molecule has 1 atom stereocenters. The van der Waals surface area contributed by atoms with Gasteiger partial charge in [0, 0.05) is 18.7 Å². The van der Waals surface area contributed by atoms with Gasteiger partial charge in [-0.05, 0) is 43.7 Å². The number of aryl methyl sites for hydroxylation is 1. The summed E-state index contributed by atoms with van der Waals surface area (Å²) >= 11 is 1.55. The summed E-state index contributed by atoms with van der Waals surface area (Å²) in [4.78, 5) is 19.2. The molecule has 1 amide bonds. The lowest BCUT2D eigenvalue weighted by Gasteiger charge is -2.17. The highest BCUT2D eigenvalue weighted by Crippen LogP contribution is 2.27. The minimum absolute atomic E-state index is 0.122. The molecule has 2 aromatic carbocycles. The van der Waals surface area contributed by atoms with Gasteiger partial charge in [-0.25, -0.2) is 13.4 Å². The van der Waals surface area contributed by atoms with Crippen molar-refractivity contribution in [2.24, 2.45) is 0 Å². The summed E-state index contributed by atoms with van der Waals surface area (Å²) in [6.07, 6.45) is 0.463. The van der Waals surface area contributed by atoms with Gasteiger partial charge in [-0.15, -0.1) is 11.3 Å². The van der Waals surface area contributed by atoms with Gasteiger partial charge in [0.2, 0.25) is 0 Å². The number of thiazole rings is 1. The second-order valence-electron chi connectivity index (χ2n) is 6.44. The quantitative estimate of drug-likeness (QED) is 0.693. The maximum absolute atomic E-state index is 12.8. The third-order valence-electron chi connectivity index (χ3n) is 4.69. The first-order valence-corrected chi connectivity index (χ1v) is 10.8. The molecular weight excluding hydrogens is 368 g/mol. The summed E-state index contributed by atoms with van der Waals surface area (Å²) in [7, 11) is -3.42. The zero-order valence-electron chi connectivity index (χ0n) is 14.3. The fourth-order valence-electron chi connectivity index (χ4n) is 3.32. The van der Waals surface area contributed by atoms with E-state index in [1.54, 1.807) is 52.6 Å². The Morgan fingerprint density at radius 3 is 2.73 bits per heavy atom. The van der Waals surface area contributed by atoms with Crippen LogP contribution in [0.1, 0.15) is 21.8 Å². The first-order chi connectivity index (χ1) is 12.4. The second kappa shape index (κ2) is 6.48. The molecule has 1 fully saturated rings. The van der Waals surface area contributed by atoms with E-state index in [-0.39, 0.29) is 12.5 Å². The summed E-state index contributed by atoms with van der Waals surface area (Å²) in [5, 5.41) is 0.406. The number of hydrogen-bond acceptors (Lipinski definition) is 5. The Bertz CT molecular complexity index is 1070. The average Bonchev–Trinajstić information content (AvgIpc) is 3.27. The molecule has 0 aliphatic carbocycles. The van der Waals surface area contributed by atoms with Crippen LogP contribution in [-0.2, 0) is 9.84 Å². The molecule has 0 radical (unpaired) electrons. The minimum Gasteiger partial charge on any atom is -0.337 e. The van der Waals surface area contributed by atoms with Gasteiger partial charge in [0.25, 0.3) is 5.91 Å². The third-order valence-corrected chi connectivity index (χ3v) is 7.81. The van der Waals surface area contributed by atoms with E-state index in [0.717, 1.165) is 15.2 Å². The van der Waals surface area contributed by atoms with Crippen LogP contribution >= 0.6 is 11.3 Å². The number of carbonyl (C=O) groups is 1. The first-order valence-electron chi connectivity index (χ1n) is 8.40. The van der Waals surface area contributed by atoms with Crippen LogP contribution in [0.2, 0.25) is 0 Å². The van der Waals surface area contributed by atoms with Crippen LogP contribution in [0.25, 0.3) is 10.2 Å². The Hall–Kier alpha value is -2.25. The lowest BCUT2D eigenvalue weighted by Crippen LogP contribution is -2.31. The maximum Gasteiger partial charge on any atom is 0.253 e. The number of sulfone groups is 1. The summed E-state index contributed by atoms with van der Waals surface area (Å²) in [6.45, 7) is 2.62. The van der Waals surface area contributed by atoms with Gasteiger partial charge in [-0.2, -0.15) is 0 Å². The molecule has 4 rings (SSSR count). The van der Waals surface area contributed by atoms with Gasteiger partial charge in [0.15, 0.2) is 9.84 Å². The van der Waals surface area contributed by atoms with Crippen LogP contribution < -0.4 is 0 Å². The predicted molar refractivity (Wildman–Crippen MR) is 102 cm³/mol. The molecule has 0 spiro atoms. The SMILES string of the molecule is Cc1nc2ccc(C(=O)N3CCC(S(=O)(=O)c4ccccc4)C3)cc2s1. The molecule has 3 aromatic rings. The lowest BCUT2D eigenvalue weighted by molar-refractivity contribution is 0.0793. The highest BCUT2D eigenvalue weighted by molar-refractivity contribution is 7.92. The molecule has 0 N–H and O–H groups in total. The Morgan fingerprint density at radius 1 is 1.19 bits per heavy atom. The van der Waals surface area contributed by atoms with Crippen molar-refractivity contribution in [3.63, 3.8) is 0 Å². The van der Waals surface area contributed by atoms with Gasteiger partial charge in [-0.3, -0.25) is 4.79 Å². The number of aromatic nitrogens is 1. The van der Waals surface area contributed by atoms with Crippen molar-refractivity contribution in [3.05, 3.63) is 59.1 Å². The van der Waals surface area contributed by atoms with Gasteiger partial charge < -0.3 is 4.90 Å². The fourth-order valence-corrected chi connectivity index (χ4v) is 5.90. The zero-order valence-corrected chi connectivity index (χ0v) is 15.9. The van der Waals surface area contributed by atoms with Crippen LogP contribution in [-0.4, -0.2) is 42.5 Å². The summed E-state index contributed by atoms with van der Waals surface area (Å²) < 4.78 is 26.5. The molecule has 0 bridgehead atoms. The Kier molecular flexibility index (Phi) is 4.28. The molecule has 134 valence electrons. The Morgan fingerprint density at radius 2 is 1.96 bits per heavy atom. The molecule has 1 saturated heterocycles. The van der Waals surface area contributed by atoms with Crippen LogP contribution in [0, 0.1) is 6.92 Å². The number of amides is 1. The van der Waals surface area contributed by atoms with Gasteiger partial charge in [0.1, 0.15) is 0 Å². The van der Waals surface area contributed by atoms with Crippen molar-refractivity contribution in [3.8, 4) is 0 Å². The van der Waals surface area contributed by atoms with Gasteiger partial charge in [-0.1, -0.05) is 18.2 Å². The molecule has 2 heterocycles. The van der Waals surface area contributed by atoms with Crippen molar-refractivity contribution in [2.45, 2.75) is 23.5 Å². The van der Waals surface area contributed by atoms with Crippen molar-refractivity contribution >= 4 is 37.3 Å². The summed E-state index contributed by atoms with van der Waals surface area (Å²) in [5.74, 6) is -0.122. The monoisotopic (exact) mass is 386 g/mol. The molecule has 26 heavy (non-hydrogen) atoms. The molecule has 1 aliphatic rings. The average molecular weight is 386 g/mol. The van der Waals surface area contributed by atoms with E-state index < -0.39 is 15.1 Å². The van der Waals surface area contributed by atoms with E-state index in [2.05, 4.69) is 4.98 Å². The van der Waals surface area contributed by atoms with Crippen molar-refractivity contribution in [2.75, 3.05) is 13.1 Å². The molecular formula is C19H18N2O3S2. The topological polar surface area (TPSA) is 67.3 Å². The van der Waals surface area contributed by atoms with Crippen molar-refractivity contribution < 1.29 is 13.2 Å². The van der Waals surface area contributed by atoms with Crippen molar-refractivity contribution in [1.82, 2.24) is 9.88 Å². The number of rotatable bonds is 3. The number of carbonyl (C=O) groups excluding carboxylic acids is 1. The molecule has 7 heteroatoms. The Balaban J connectivity index is 1.55. The molecule has 0 saturated carbocycles. The molecule has 5 nitrogen and oxygen atoms in total. The Labute approximate surface area is 156 Å². The normalized spacial score (nSPS) is 17.7. The molecule has 1 aliphatic heterocycles. The van der Waals surface area contributed by atoms with E-state index in [9.17, 15) is 13.2 Å². The van der Waals surface area contributed by atoms with Gasteiger partial charge >= 0.3 is 0 Å². The number of benzene rings is 2. The number of likely N-dealkylation sites (tertiary alicyclic amines) is 1. The van der Waals surface area contributed by atoms with E-state index in [1.165, 1.54) is 0 Å². The zero-order chi connectivity index (χ0) is 18.3. The van der Waals surface area contributed by atoms with Crippen molar-refractivity contribution in [1.29, 1.82) is 0 Å². The van der Waals surface area contributed by atoms with E-state index in [1.807, 2.05) is 19.1 Å². The standard InChI is InChI=1S/C19H18N2O3S2/c1-13-20-17-8-7-14(11-18(17)25-13)19(22)21-10-9-16(12-21)26(23,24)15-5-3-2-4-6-15/h2-8,11,16H,9-10,12H2,1H3. The summed E-state index contributed by atoms with van der Waals surface area (Å²) in [6, 6.07) is 13.9. The molecule has 1 aromatic heterocycles. The smallest absolute Gasteiger partial charge is 0.253 e. The van der Waals surface area contributed by atoms with E-state index in [0.29, 0.717) is 23.4 Å². The highest BCUT2D eigenvalue weighted by Gasteiger charge is 2.36. The third kappa shape index (κ3) is 3.01. The van der Waals surface area contributed by atoms with Crippen LogP contribution in [0.5, 0.6) is 0 Å². The summed E-state index contributed by atoms with van der Waals surface area (Å²) in [5.41, 5.74) is 1.47. The number of fused-ring (bicyclic) bond motifs is 1. The van der Waals surface area contributed by atoms with Gasteiger partial charge in [0.05, 0.1) is 25.4 Å². The van der Waals surface area contributed by atoms with Crippen LogP contribution in [0.3, 0.4) is 0 Å². The largest absolute Gasteiger partial charge is 0.337 e. The first kappa shape index (κ1) is 17.2. The minimum atomic E-state index is -3.42. The van der Waals surface area contributed by atoms with Crippen LogP contribution in [0.15, 0.2) is 53.4 Å². The lowest BCUT2D eigenvalue weighted by atomic mass is 10.2. The predicted octanol–water partition coefficient (Wildman–Crippen LogP) is 3.29. The van der Waals surface area contributed by atoms with Crippen LogP contribution in [0.4, 0.5) is 0 Å². The fraction of sp³-hybridized carbons (Fsp3) is 0.263. The highest BCUT2D eigenvalue weighted by atomic mass is 32.2. The van der Waals surface area contributed by atoms with E-state index >= 15 is 0 Å². The van der Waals surface area contributed by atoms with E-state index in [4.69, 9.17) is 0 Å². The number of hydrogen-bond donors (Lipinski definition) is 0.